The third-order valence-electron chi connectivity index (χ3n) is 3.05. The van der Waals surface area contributed by atoms with E-state index in [9.17, 15) is 4.79 Å². The molecule has 2 heterocycles. The Balaban J connectivity index is 2.21. The third kappa shape index (κ3) is 2.99. The number of hydrogen-bond acceptors (Lipinski definition) is 4. The lowest BCUT2D eigenvalue weighted by molar-refractivity contribution is 0.503. The first kappa shape index (κ1) is 14.5. The number of nitrogens with one attached hydrogen (secondary N) is 1. The Kier molecular flexibility index (Phi) is 4.39. The molecule has 0 atom stereocenters. The standard InChI is InChI=1S/C14H17ClN4O/c1-9(2)19-14(20)13(15)12(8-18-19)17-7-11-6-16-5-4-10(11)3/h4-6,8-9,17H,7H2,1-3H3. The SMILES string of the molecule is Cc1ccncc1CNc1cnn(C(C)C)c(=O)c1Cl. The van der Waals surface area contributed by atoms with Crippen molar-refractivity contribution in [3.63, 3.8) is 0 Å². The summed E-state index contributed by atoms with van der Waals surface area (Å²) in [5.41, 5.74) is 2.44. The Bertz CT molecular complexity index is 666. The minimum absolute atomic E-state index is 0.0189. The van der Waals surface area contributed by atoms with Gasteiger partial charge in [-0.05, 0) is 38.0 Å². The Labute approximate surface area is 122 Å². The van der Waals surface area contributed by atoms with E-state index >= 15 is 0 Å². The van der Waals surface area contributed by atoms with E-state index < -0.39 is 0 Å². The molecule has 0 saturated heterocycles. The summed E-state index contributed by atoms with van der Waals surface area (Å²) in [6.07, 6.45) is 5.12. The lowest BCUT2D eigenvalue weighted by Gasteiger charge is -2.12. The van der Waals surface area contributed by atoms with E-state index in [1.165, 1.54) is 4.68 Å². The molecule has 20 heavy (non-hydrogen) atoms. The summed E-state index contributed by atoms with van der Waals surface area (Å²) in [4.78, 5) is 16.1. The molecular formula is C14H17ClN4O. The molecule has 5 nitrogen and oxygen atoms in total. The maximum absolute atomic E-state index is 12.0. The average molecular weight is 293 g/mol. The van der Waals surface area contributed by atoms with E-state index in [0.29, 0.717) is 12.2 Å². The lowest BCUT2D eigenvalue weighted by atomic mass is 10.1. The van der Waals surface area contributed by atoms with Crippen LogP contribution >= 0.6 is 11.6 Å². The van der Waals surface area contributed by atoms with Crippen molar-refractivity contribution in [3.8, 4) is 0 Å². The summed E-state index contributed by atoms with van der Waals surface area (Å²) in [6.45, 7) is 6.33. The Morgan fingerprint density at radius 1 is 1.40 bits per heavy atom. The maximum Gasteiger partial charge on any atom is 0.287 e. The molecule has 6 heteroatoms. The highest BCUT2D eigenvalue weighted by molar-refractivity contribution is 6.32. The second-order valence-corrected chi connectivity index (χ2v) is 5.25. The number of aryl methyl sites for hydroxylation is 1. The van der Waals surface area contributed by atoms with Crippen LogP contribution in [-0.4, -0.2) is 14.8 Å². The van der Waals surface area contributed by atoms with Crippen molar-refractivity contribution in [1.82, 2.24) is 14.8 Å². The van der Waals surface area contributed by atoms with Crippen LogP contribution in [0, 0.1) is 6.92 Å². The minimum atomic E-state index is -0.283. The van der Waals surface area contributed by atoms with Gasteiger partial charge in [0.2, 0.25) is 0 Å². The summed E-state index contributed by atoms with van der Waals surface area (Å²) < 4.78 is 1.36. The molecule has 2 rings (SSSR count). The van der Waals surface area contributed by atoms with Gasteiger partial charge in [-0.3, -0.25) is 9.78 Å². The second kappa shape index (κ2) is 6.05. The Morgan fingerprint density at radius 2 is 2.15 bits per heavy atom. The van der Waals surface area contributed by atoms with Crippen LogP contribution in [0.1, 0.15) is 31.0 Å². The fraction of sp³-hybridized carbons (Fsp3) is 0.357. The van der Waals surface area contributed by atoms with Gasteiger partial charge in [0.25, 0.3) is 5.56 Å². The highest BCUT2D eigenvalue weighted by atomic mass is 35.5. The second-order valence-electron chi connectivity index (χ2n) is 4.87. The highest BCUT2D eigenvalue weighted by Gasteiger charge is 2.11. The number of nitrogens with zero attached hydrogens (tertiary/aromatic N) is 3. The third-order valence-corrected chi connectivity index (χ3v) is 3.41. The summed E-state index contributed by atoms with van der Waals surface area (Å²) in [5.74, 6) is 0. The van der Waals surface area contributed by atoms with Gasteiger partial charge in [0.05, 0.1) is 17.9 Å². The molecule has 0 aromatic carbocycles. The summed E-state index contributed by atoms with van der Waals surface area (Å²) in [5, 5.41) is 7.41. The topological polar surface area (TPSA) is 59.8 Å². The zero-order valence-electron chi connectivity index (χ0n) is 11.7. The zero-order chi connectivity index (χ0) is 14.7. The summed E-state index contributed by atoms with van der Waals surface area (Å²) in [6, 6.07) is 1.92. The number of halogens is 1. The molecule has 0 unspecified atom stereocenters. The molecule has 0 saturated carbocycles. The van der Waals surface area contributed by atoms with Gasteiger partial charge in [0, 0.05) is 18.9 Å². The number of rotatable bonds is 4. The molecular weight excluding hydrogens is 276 g/mol. The van der Waals surface area contributed by atoms with Crippen molar-refractivity contribution in [3.05, 3.63) is 51.2 Å². The highest BCUT2D eigenvalue weighted by Crippen LogP contribution is 2.18. The Morgan fingerprint density at radius 3 is 2.80 bits per heavy atom. The van der Waals surface area contributed by atoms with Gasteiger partial charge in [-0.1, -0.05) is 11.6 Å². The van der Waals surface area contributed by atoms with Crippen LogP contribution in [0.3, 0.4) is 0 Å². The molecule has 0 aliphatic heterocycles. The first-order chi connectivity index (χ1) is 9.50. The molecule has 0 amide bonds. The van der Waals surface area contributed by atoms with Crippen LogP contribution in [0.2, 0.25) is 5.02 Å². The summed E-state index contributed by atoms with van der Waals surface area (Å²) in [7, 11) is 0. The lowest BCUT2D eigenvalue weighted by Crippen LogP contribution is -2.25. The zero-order valence-corrected chi connectivity index (χ0v) is 12.5. The van der Waals surface area contributed by atoms with Crippen molar-refractivity contribution < 1.29 is 0 Å². The molecule has 0 aliphatic rings. The van der Waals surface area contributed by atoms with Gasteiger partial charge in [0.1, 0.15) is 5.02 Å². The van der Waals surface area contributed by atoms with Gasteiger partial charge < -0.3 is 5.32 Å². The number of aromatic nitrogens is 3. The molecule has 0 fully saturated rings. The van der Waals surface area contributed by atoms with Crippen molar-refractivity contribution in [2.45, 2.75) is 33.4 Å². The van der Waals surface area contributed by atoms with Crippen molar-refractivity contribution in [1.29, 1.82) is 0 Å². The van der Waals surface area contributed by atoms with Crippen LogP contribution in [0.5, 0.6) is 0 Å². The van der Waals surface area contributed by atoms with Gasteiger partial charge >= 0.3 is 0 Å². The van der Waals surface area contributed by atoms with Gasteiger partial charge in [0.15, 0.2) is 0 Å². The first-order valence-corrected chi connectivity index (χ1v) is 6.79. The molecule has 0 radical (unpaired) electrons. The maximum atomic E-state index is 12.0. The largest absolute Gasteiger partial charge is 0.378 e. The molecule has 2 aromatic heterocycles. The fourth-order valence-corrected chi connectivity index (χ4v) is 2.01. The fourth-order valence-electron chi connectivity index (χ4n) is 1.81. The molecule has 2 aromatic rings. The van der Waals surface area contributed by atoms with Crippen LogP contribution in [0.25, 0.3) is 0 Å². The van der Waals surface area contributed by atoms with Crippen molar-refractivity contribution in [2.75, 3.05) is 5.32 Å². The minimum Gasteiger partial charge on any atom is -0.378 e. The van der Waals surface area contributed by atoms with Crippen LogP contribution in [0.15, 0.2) is 29.5 Å². The van der Waals surface area contributed by atoms with Crippen LogP contribution in [-0.2, 0) is 6.54 Å². The van der Waals surface area contributed by atoms with Crippen LogP contribution < -0.4 is 10.9 Å². The molecule has 0 aliphatic carbocycles. The normalized spacial score (nSPS) is 10.8. The predicted molar refractivity (Wildman–Crippen MR) is 80.2 cm³/mol. The van der Waals surface area contributed by atoms with E-state index in [4.69, 9.17) is 11.6 Å². The predicted octanol–water partition coefficient (Wildman–Crippen LogP) is 2.79. The van der Waals surface area contributed by atoms with E-state index in [1.54, 1.807) is 18.6 Å². The number of hydrogen-bond donors (Lipinski definition) is 1. The first-order valence-electron chi connectivity index (χ1n) is 6.41. The molecule has 1 N–H and O–H groups in total. The van der Waals surface area contributed by atoms with Gasteiger partial charge in [-0.15, -0.1) is 0 Å². The monoisotopic (exact) mass is 292 g/mol. The summed E-state index contributed by atoms with van der Waals surface area (Å²) >= 11 is 6.10. The smallest absolute Gasteiger partial charge is 0.287 e. The van der Waals surface area contributed by atoms with E-state index in [-0.39, 0.29) is 16.6 Å². The number of pyridine rings is 1. The van der Waals surface area contributed by atoms with Crippen LogP contribution in [0.4, 0.5) is 5.69 Å². The Hall–Kier alpha value is -1.88. The molecule has 0 spiro atoms. The van der Waals surface area contributed by atoms with Gasteiger partial charge in [-0.2, -0.15) is 5.10 Å². The molecule has 0 bridgehead atoms. The number of anilines is 1. The van der Waals surface area contributed by atoms with E-state index in [1.807, 2.05) is 26.8 Å². The van der Waals surface area contributed by atoms with Crippen molar-refractivity contribution in [2.24, 2.45) is 0 Å². The van der Waals surface area contributed by atoms with Gasteiger partial charge in [-0.25, -0.2) is 4.68 Å². The quantitative estimate of drug-likeness (QED) is 0.941. The van der Waals surface area contributed by atoms with E-state index in [0.717, 1.165) is 11.1 Å². The van der Waals surface area contributed by atoms with E-state index in [2.05, 4.69) is 15.4 Å². The van der Waals surface area contributed by atoms with Crippen molar-refractivity contribution >= 4 is 17.3 Å². The average Bonchev–Trinajstić information content (AvgIpc) is 2.41. The molecule has 106 valence electrons.